The fraction of sp³-hybridized carbons (Fsp3) is 0.929. The van der Waals surface area contributed by atoms with Crippen LogP contribution in [0, 0.1) is 5.92 Å². The van der Waals surface area contributed by atoms with Crippen LogP contribution in [0.5, 0.6) is 0 Å². The Balaban J connectivity index is 2.16. The Morgan fingerprint density at radius 3 is 2.83 bits per heavy atom. The summed E-state index contributed by atoms with van der Waals surface area (Å²) in [5.41, 5.74) is -1.33. The Hall–Kier alpha value is -0.610. The highest BCUT2D eigenvalue weighted by Gasteiger charge is 2.51. The quantitative estimate of drug-likeness (QED) is 0.752. The highest BCUT2D eigenvalue weighted by atomic mass is 16.6. The van der Waals surface area contributed by atoms with Gasteiger partial charge in [0.15, 0.2) is 0 Å². The van der Waals surface area contributed by atoms with E-state index in [1.165, 1.54) is 0 Å². The van der Waals surface area contributed by atoms with Crippen molar-refractivity contribution in [3.63, 3.8) is 0 Å². The second-order valence-corrected chi connectivity index (χ2v) is 6.05. The Kier molecular flexibility index (Phi) is 3.97. The van der Waals surface area contributed by atoms with Gasteiger partial charge in [0.05, 0.1) is 5.60 Å². The lowest BCUT2D eigenvalue weighted by Gasteiger charge is -2.50. The zero-order chi connectivity index (χ0) is 13.2. The zero-order valence-corrected chi connectivity index (χ0v) is 11.2. The maximum atomic E-state index is 11.6. The molecule has 0 heterocycles. The minimum Gasteiger partial charge on any atom is -0.459 e. The van der Waals surface area contributed by atoms with Crippen molar-refractivity contribution < 1.29 is 19.7 Å². The number of hydrogen-bond acceptors (Lipinski definition) is 4. The minimum absolute atomic E-state index is 0.000204. The van der Waals surface area contributed by atoms with Gasteiger partial charge in [-0.05, 0) is 25.2 Å². The van der Waals surface area contributed by atoms with Crippen LogP contribution in [-0.4, -0.2) is 34.0 Å². The third-order valence-electron chi connectivity index (χ3n) is 4.42. The third kappa shape index (κ3) is 2.86. The molecule has 3 unspecified atom stereocenters. The molecule has 4 nitrogen and oxygen atoms in total. The lowest BCUT2D eigenvalue weighted by molar-refractivity contribution is -0.188. The number of carbonyl (C=O) groups excluding carboxylic acids is 1. The van der Waals surface area contributed by atoms with Crippen molar-refractivity contribution in [2.75, 3.05) is 6.61 Å². The summed E-state index contributed by atoms with van der Waals surface area (Å²) >= 11 is 0. The maximum Gasteiger partial charge on any atom is 0.306 e. The molecule has 2 bridgehead atoms. The Morgan fingerprint density at radius 2 is 2.22 bits per heavy atom. The number of aliphatic hydroxyl groups excluding tert-OH is 1. The Morgan fingerprint density at radius 1 is 1.44 bits per heavy atom. The summed E-state index contributed by atoms with van der Waals surface area (Å²) in [5, 5.41) is 19.8. The fourth-order valence-corrected chi connectivity index (χ4v) is 3.83. The van der Waals surface area contributed by atoms with Crippen LogP contribution in [0.2, 0.25) is 0 Å². The second kappa shape index (κ2) is 5.17. The van der Waals surface area contributed by atoms with Crippen LogP contribution < -0.4 is 0 Å². The zero-order valence-electron chi connectivity index (χ0n) is 11.2. The first-order valence-electron chi connectivity index (χ1n) is 7.06. The minimum atomic E-state index is -0.690. The molecule has 2 rings (SSSR count). The summed E-state index contributed by atoms with van der Waals surface area (Å²) in [6, 6.07) is 0. The van der Waals surface area contributed by atoms with E-state index in [-0.39, 0.29) is 12.6 Å². The van der Waals surface area contributed by atoms with E-state index in [2.05, 4.69) is 0 Å². The summed E-state index contributed by atoms with van der Waals surface area (Å²) in [7, 11) is 0. The summed E-state index contributed by atoms with van der Waals surface area (Å²) in [5.74, 6) is 0.195. The van der Waals surface area contributed by atoms with Crippen molar-refractivity contribution >= 4 is 5.97 Å². The van der Waals surface area contributed by atoms with E-state index < -0.39 is 11.2 Å². The molecule has 4 heteroatoms. The van der Waals surface area contributed by atoms with Crippen LogP contribution >= 0.6 is 0 Å². The van der Waals surface area contributed by atoms with Crippen molar-refractivity contribution in [1.29, 1.82) is 0 Å². The Bertz CT molecular complexity index is 317. The molecule has 2 saturated carbocycles. The standard InChI is InChI=1S/C14H24O4/c1-2-12(16)18-14(6-7-15)9-11-4-3-5-13(17,8-11)10-14/h11,15,17H,2-10H2,1H3. The van der Waals surface area contributed by atoms with E-state index in [1.807, 2.05) is 0 Å². The molecule has 0 spiro atoms. The van der Waals surface area contributed by atoms with Crippen LogP contribution in [0.15, 0.2) is 0 Å². The van der Waals surface area contributed by atoms with Gasteiger partial charge in [0.2, 0.25) is 0 Å². The van der Waals surface area contributed by atoms with Gasteiger partial charge in [0, 0.05) is 25.9 Å². The molecule has 0 saturated heterocycles. The molecule has 0 radical (unpaired) electrons. The molecular weight excluding hydrogens is 232 g/mol. The molecule has 3 atom stereocenters. The van der Waals surface area contributed by atoms with Gasteiger partial charge >= 0.3 is 5.97 Å². The topological polar surface area (TPSA) is 66.8 Å². The van der Waals surface area contributed by atoms with Crippen molar-refractivity contribution in [3.05, 3.63) is 0 Å². The van der Waals surface area contributed by atoms with Crippen molar-refractivity contribution in [1.82, 2.24) is 0 Å². The van der Waals surface area contributed by atoms with Crippen LogP contribution in [0.4, 0.5) is 0 Å². The summed E-state index contributed by atoms with van der Waals surface area (Å²) in [6.07, 6.45) is 5.83. The molecule has 2 N–H and O–H groups in total. The van der Waals surface area contributed by atoms with Gasteiger partial charge in [-0.25, -0.2) is 0 Å². The van der Waals surface area contributed by atoms with E-state index in [4.69, 9.17) is 4.74 Å². The van der Waals surface area contributed by atoms with Gasteiger partial charge < -0.3 is 14.9 Å². The number of carbonyl (C=O) groups is 1. The van der Waals surface area contributed by atoms with Gasteiger partial charge in [-0.1, -0.05) is 19.8 Å². The van der Waals surface area contributed by atoms with Crippen LogP contribution in [0.3, 0.4) is 0 Å². The fourth-order valence-electron chi connectivity index (χ4n) is 3.83. The predicted molar refractivity (Wildman–Crippen MR) is 67.0 cm³/mol. The monoisotopic (exact) mass is 256 g/mol. The van der Waals surface area contributed by atoms with E-state index in [0.717, 1.165) is 32.1 Å². The van der Waals surface area contributed by atoms with Gasteiger partial charge in [0.25, 0.3) is 0 Å². The van der Waals surface area contributed by atoms with Crippen molar-refractivity contribution in [3.8, 4) is 0 Å². The van der Waals surface area contributed by atoms with Gasteiger partial charge in [-0.3, -0.25) is 4.79 Å². The average molecular weight is 256 g/mol. The van der Waals surface area contributed by atoms with Gasteiger partial charge in [-0.15, -0.1) is 0 Å². The van der Waals surface area contributed by atoms with E-state index in [0.29, 0.717) is 25.2 Å². The molecule has 0 aromatic carbocycles. The number of hydrogen-bond donors (Lipinski definition) is 2. The highest BCUT2D eigenvalue weighted by molar-refractivity contribution is 5.69. The second-order valence-electron chi connectivity index (χ2n) is 6.05. The molecular formula is C14H24O4. The number of esters is 1. The molecule has 0 aromatic rings. The number of rotatable bonds is 4. The first-order valence-corrected chi connectivity index (χ1v) is 7.06. The normalized spacial score (nSPS) is 39.4. The molecule has 2 aliphatic rings. The van der Waals surface area contributed by atoms with Crippen LogP contribution in [0.25, 0.3) is 0 Å². The predicted octanol–water partition coefficient (Wildman–Crippen LogP) is 1.78. The first kappa shape index (κ1) is 13.8. The van der Waals surface area contributed by atoms with E-state index >= 15 is 0 Å². The van der Waals surface area contributed by atoms with Gasteiger partial charge in [0.1, 0.15) is 5.60 Å². The third-order valence-corrected chi connectivity index (χ3v) is 4.42. The SMILES string of the molecule is CCC(=O)OC1(CCO)CC2CCCC(O)(C2)C1. The number of fused-ring (bicyclic) bond motifs is 2. The van der Waals surface area contributed by atoms with E-state index in [1.54, 1.807) is 6.92 Å². The first-order chi connectivity index (χ1) is 8.51. The molecule has 2 aliphatic carbocycles. The molecule has 0 amide bonds. The summed E-state index contributed by atoms with van der Waals surface area (Å²) in [6.45, 7) is 1.77. The maximum absolute atomic E-state index is 11.6. The van der Waals surface area contributed by atoms with Crippen LogP contribution in [-0.2, 0) is 9.53 Å². The van der Waals surface area contributed by atoms with E-state index in [9.17, 15) is 15.0 Å². The lowest BCUT2D eigenvalue weighted by atomic mass is 9.62. The molecule has 18 heavy (non-hydrogen) atoms. The Labute approximate surface area is 108 Å². The molecule has 2 fully saturated rings. The highest BCUT2D eigenvalue weighted by Crippen LogP contribution is 2.49. The average Bonchev–Trinajstić information content (AvgIpc) is 2.27. The van der Waals surface area contributed by atoms with Crippen molar-refractivity contribution in [2.24, 2.45) is 5.92 Å². The molecule has 0 aliphatic heterocycles. The van der Waals surface area contributed by atoms with Gasteiger partial charge in [-0.2, -0.15) is 0 Å². The number of ether oxygens (including phenoxy) is 1. The largest absolute Gasteiger partial charge is 0.459 e. The smallest absolute Gasteiger partial charge is 0.306 e. The lowest BCUT2D eigenvalue weighted by Crippen LogP contribution is -2.53. The molecule has 0 aromatic heterocycles. The number of aliphatic hydroxyl groups is 2. The van der Waals surface area contributed by atoms with Crippen LogP contribution in [0.1, 0.15) is 58.3 Å². The molecule has 104 valence electrons. The summed E-state index contributed by atoms with van der Waals surface area (Å²) < 4.78 is 5.61. The summed E-state index contributed by atoms with van der Waals surface area (Å²) in [4.78, 5) is 11.6. The van der Waals surface area contributed by atoms with Crippen molar-refractivity contribution in [2.45, 2.75) is 69.5 Å².